The lowest BCUT2D eigenvalue weighted by atomic mass is 10.2. The molecule has 2 aromatic heterocycles. The van der Waals surface area contributed by atoms with E-state index in [1.807, 2.05) is 0 Å². The molecule has 0 radical (unpaired) electrons. The summed E-state index contributed by atoms with van der Waals surface area (Å²) in [6.45, 7) is 1.38. The van der Waals surface area contributed by atoms with Gasteiger partial charge in [-0.15, -0.1) is 16.4 Å². The standard InChI is InChI=1S/C12H11N5O3S/c1-5-10(19)15-7(18)4-17(5)12(20)9-8(13)6-2-3-14-16-11(6)21-9/h2-3,5H,4,13H2,1H3,(H,15,18,19). The van der Waals surface area contributed by atoms with Crippen molar-refractivity contribution in [3.63, 3.8) is 0 Å². The first-order valence-electron chi connectivity index (χ1n) is 6.13. The second kappa shape index (κ2) is 4.77. The largest absolute Gasteiger partial charge is 0.397 e. The van der Waals surface area contributed by atoms with Crippen LogP contribution in [0.2, 0.25) is 0 Å². The van der Waals surface area contributed by atoms with Gasteiger partial charge in [-0.2, -0.15) is 5.10 Å². The second-order valence-electron chi connectivity index (χ2n) is 4.62. The number of nitrogens with two attached hydrogens (primary N) is 1. The van der Waals surface area contributed by atoms with E-state index in [1.165, 1.54) is 11.1 Å². The van der Waals surface area contributed by atoms with Crippen LogP contribution in [0.15, 0.2) is 12.3 Å². The molecule has 0 aliphatic carbocycles. The van der Waals surface area contributed by atoms with E-state index in [4.69, 9.17) is 5.73 Å². The van der Waals surface area contributed by atoms with Crippen LogP contribution in [0.5, 0.6) is 0 Å². The lowest BCUT2D eigenvalue weighted by Gasteiger charge is -2.31. The minimum Gasteiger partial charge on any atom is -0.397 e. The number of hydrogen-bond donors (Lipinski definition) is 2. The molecule has 0 bridgehead atoms. The third-order valence-electron chi connectivity index (χ3n) is 3.30. The van der Waals surface area contributed by atoms with E-state index in [0.717, 1.165) is 11.3 Å². The normalized spacial score (nSPS) is 18.9. The smallest absolute Gasteiger partial charge is 0.267 e. The number of nitrogen functional groups attached to an aromatic ring is 1. The minimum absolute atomic E-state index is 0.175. The van der Waals surface area contributed by atoms with Crippen LogP contribution < -0.4 is 11.1 Å². The van der Waals surface area contributed by atoms with Crippen molar-refractivity contribution in [2.24, 2.45) is 0 Å². The summed E-state index contributed by atoms with van der Waals surface area (Å²) in [6, 6.07) is 0.938. The monoisotopic (exact) mass is 305 g/mol. The molecule has 1 saturated heterocycles. The Kier molecular flexibility index (Phi) is 3.05. The summed E-state index contributed by atoms with van der Waals surface area (Å²) < 4.78 is 0. The van der Waals surface area contributed by atoms with Crippen LogP contribution in [-0.4, -0.2) is 45.4 Å². The van der Waals surface area contributed by atoms with E-state index in [-0.39, 0.29) is 11.4 Å². The highest BCUT2D eigenvalue weighted by Crippen LogP contribution is 2.32. The zero-order chi connectivity index (χ0) is 15.1. The molecule has 21 heavy (non-hydrogen) atoms. The molecule has 1 aliphatic heterocycles. The Bertz CT molecular complexity index is 771. The zero-order valence-electron chi connectivity index (χ0n) is 11.0. The number of nitrogens with zero attached hydrogens (tertiary/aromatic N) is 3. The van der Waals surface area contributed by atoms with E-state index in [9.17, 15) is 14.4 Å². The molecule has 0 aromatic carbocycles. The van der Waals surface area contributed by atoms with Gasteiger partial charge >= 0.3 is 0 Å². The van der Waals surface area contributed by atoms with Crippen LogP contribution in [-0.2, 0) is 9.59 Å². The fourth-order valence-electron chi connectivity index (χ4n) is 2.12. The third kappa shape index (κ3) is 2.11. The van der Waals surface area contributed by atoms with Crippen molar-refractivity contribution in [1.82, 2.24) is 20.4 Å². The summed E-state index contributed by atoms with van der Waals surface area (Å²) in [7, 11) is 0. The first kappa shape index (κ1) is 13.4. The first-order valence-corrected chi connectivity index (χ1v) is 6.95. The van der Waals surface area contributed by atoms with Crippen molar-refractivity contribution in [2.75, 3.05) is 12.3 Å². The fourth-order valence-corrected chi connectivity index (χ4v) is 3.12. The van der Waals surface area contributed by atoms with Crippen molar-refractivity contribution >= 4 is 45.0 Å². The van der Waals surface area contributed by atoms with E-state index in [0.29, 0.717) is 15.9 Å². The summed E-state index contributed by atoms with van der Waals surface area (Å²) in [5.74, 6) is -1.46. The fraction of sp³-hybridized carbons (Fsp3) is 0.250. The second-order valence-corrected chi connectivity index (χ2v) is 5.62. The Morgan fingerprint density at radius 1 is 1.52 bits per heavy atom. The summed E-state index contributed by atoms with van der Waals surface area (Å²) in [5, 5.41) is 10.5. The summed E-state index contributed by atoms with van der Waals surface area (Å²) in [4.78, 5) is 37.7. The molecular weight excluding hydrogens is 294 g/mol. The molecule has 3 rings (SSSR count). The molecule has 3 heterocycles. The highest BCUT2D eigenvalue weighted by atomic mass is 32.1. The molecule has 8 nitrogen and oxygen atoms in total. The van der Waals surface area contributed by atoms with Crippen LogP contribution in [0.3, 0.4) is 0 Å². The van der Waals surface area contributed by atoms with Gasteiger partial charge in [0.1, 0.15) is 22.3 Å². The Morgan fingerprint density at radius 3 is 3.00 bits per heavy atom. The Labute approximate surface area is 122 Å². The van der Waals surface area contributed by atoms with E-state index in [2.05, 4.69) is 15.5 Å². The third-order valence-corrected chi connectivity index (χ3v) is 4.39. The maximum absolute atomic E-state index is 12.6. The van der Waals surface area contributed by atoms with Crippen molar-refractivity contribution in [2.45, 2.75) is 13.0 Å². The van der Waals surface area contributed by atoms with Crippen LogP contribution in [0.25, 0.3) is 10.2 Å². The van der Waals surface area contributed by atoms with Gasteiger partial charge in [-0.25, -0.2) is 0 Å². The quantitative estimate of drug-likeness (QED) is 0.702. The van der Waals surface area contributed by atoms with Gasteiger partial charge < -0.3 is 10.6 Å². The van der Waals surface area contributed by atoms with E-state index < -0.39 is 23.8 Å². The molecule has 3 amide bonds. The lowest BCUT2D eigenvalue weighted by Crippen LogP contribution is -2.58. The van der Waals surface area contributed by atoms with Crippen LogP contribution in [0, 0.1) is 0 Å². The first-order chi connectivity index (χ1) is 9.99. The Hall–Kier alpha value is -2.55. The molecule has 9 heteroatoms. The molecule has 1 unspecified atom stereocenters. The van der Waals surface area contributed by atoms with Gasteiger partial charge in [0.25, 0.3) is 5.91 Å². The van der Waals surface area contributed by atoms with E-state index >= 15 is 0 Å². The van der Waals surface area contributed by atoms with Crippen LogP contribution >= 0.6 is 11.3 Å². The SMILES string of the molecule is CC1C(=O)NC(=O)CN1C(=O)c1sc2nnccc2c1N. The topological polar surface area (TPSA) is 118 Å². The molecule has 1 atom stereocenters. The number of carbonyl (C=O) groups excluding carboxylic acids is 3. The van der Waals surface area contributed by atoms with Crippen molar-refractivity contribution in [1.29, 1.82) is 0 Å². The van der Waals surface area contributed by atoms with Gasteiger partial charge in [-0.05, 0) is 13.0 Å². The summed E-state index contributed by atoms with van der Waals surface area (Å²) >= 11 is 1.10. The predicted octanol–water partition coefficient (Wildman–Crippen LogP) is -0.239. The van der Waals surface area contributed by atoms with Crippen LogP contribution in [0.4, 0.5) is 5.69 Å². The number of imide groups is 1. The van der Waals surface area contributed by atoms with Gasteiger partial charge in [-0.3, -0.25) is 19.7 Å². The van der Waals surface area contributed by atoms with Crippen LogP contribution in [0.1, 0.15) is 16.6 Å². The van der Waals surface area contributed by atoms with E-state index in [1.54, 1.807) is 13.0 Å². The predicted molar refractivity (Wildman–Crippen MR) is 75.5 cm³/mol. The Morgan fingerprint density at radius 2 is 2.29 bits per heavy atom. The minimum atomic E-state index is -0.731. The number of hydrogen-bond acceptors (Lipinski definition) is 7. The molecule has 1 fully saturated rings. The number of thiophene rings is 1. The molecule has 0 spiro atoms. The summed E-state index contributed by atoms with van der Waals surface area (Å²) in [6.07, 6.45) is 1.49. The van der Waals surface area contributed by atoms with Gasteiger partial charge in [-0.1, -0.05) is 0 Å². The number of aromatic nitrogens is 2. The molecular formula is C12H11N5O3S. The van der Waals surface area contributed by atoms with Crippen molar-refractivity contribution in [3.05, 3.63) is 17.1 Å². The van der Waals surface area contributed by atoms with Gasteiger partial charge in [0.15, 0.2) is 0 Å². The maximum atomic E-state index is 12.6. The molecule has 0 saturated carbocycles. The molecule has 108 valence electrons. The Balaban J connectivity index is 2.02. The highest BCUT2D eigenvalue weighted by molar-refractivity contribution is 7.21. The molecule has 2 aromatic rings. The number of carbonyl (C=O) groups is 3. The van der Waals surface area contributed by atoms with Crippen molar-refractivity contribution < 1.29 is 14.4 Å². The lowest BCUT2D eigenvalue weighted by molar-refractivity contribution is -0.138. The van der Waals surface area contributed by atoms with Gasteiger partial charge in [0.05, 0.1) is 11.9 Å². The number of amides is 3. The highest BCUT2D eigenvalue weighted by Gasteiger charge is 2.35. The zero-order valence-corrected chi connectivity index (χ0v) is 11.8. The number of rotatable bonds is 1. The van der Waals surface area contributed by atoms with Crippen molar-refractivity contribution in [3.8, 4) is 0 Å². The average molecular weight is 305 g/mol. The molecule has 1 aliphatic rings. The summed E-state index contributed by atoms with van der Waals surface area (Å²) in [5.41, 5.74) is 6.26. The maximum Gasteiger partial charge on any atom is 0.267 e. The van der Waals surface area contributed by atoms with Gasteiger partial charge in [0.2, 0.25) is 11.8 Å². The number of nitrogens with one attached hydrogen (secondary N) is 1. The van der Waals surface area contributed by atoms with Gasteiger partial charge in [0, 0.05) is 5.39 Å². The number of fused-ring (bicyclic) bond motifs is 1. The molecule has 3 N–H and O–H groups in total. The number of piperazine rings is 1. The average Bonchev–Trinajstić information content (AvgIpc) is 2.80. The number of anilines is 1.